The molecule has 3 rings (SSSR count). The van der Waals surface area contributed by atoms with Crippen LogP contribution in [0.3, 0.4) is 0 Å². The Morgan fingerprint density at radius 1 is 1.11 bits per heavy atom. The van der Waals surface area contributed by atoms with Crippen LogP contribution < -0.4 is 20.5 Å². The third-order valence-electron chi connectivity index (χ3n) is 6.09. The van der Waals surface area contributed by atoms with Crippen molar-refractivity contribution in [2.75, 3.05) is 33.9 Å². The van der Waals surface area contributed by atoms with Crippen LogP contribution in [0.4, 0.5) is 0 Å². The Kier molecular flexibility index (Phi) is 6.44. The normalized spacial score (nSPS) is 19.3. The molecule has 1 aliphatic heterocycles. The molecule has 1 aliphatic carbocycles. The first-order valence-corrected chi connectivity index (χ1v) is 10.0. The van der Waals surface area contributed by atoms with Crippen molar-refractivity contribution < 1.29 is 19.1 Å². The highest BCUT2D eigenvalue weighted by Crippen LogP contribution is 2.30. The second-order valence-electron chi connectivity index (χ2n) is 7.85. The Balaban J connectivity index is 1.59. The molecule has 0 spiro atoms. The van der Waals surface area contributed by atoms with E-state index in [1.165, 1.54) is 0 Å². The number of ether oxygens (including phenoxy) is 2. The molecule has 0 bridgehead atoms. The van der Waals surface area contributed by atoms with Gasteiger partial charge in [-0.3, -0.25) is 9.59 Å². The molecule has 2 aliphatic rings. The molecule has 1 aromatic rings. The number of carbonyl (C=O) groups is 2. The number of likely N-dealkylation sites (tertiary alicyclic amines) is 1. The van der Waals surface area contributed by atoms with Crippen molar-refractivity contribution >= 4 is 11.8 Å². The lowest BCUT2D eigenvalue weighted by atomic mass is 9.92. The molecule has 154 valence electrons. The van der Waals surface area contributed by atoms with E-state index >= 15 is 0 Å². The minimum atomic E-state index is -0.221. The van der Waals surface area contributed by atoms with E-state index in [2.05, 4.69) is 5.32 Å². The van der Waals surface area contributed by atoms with Gasteiger partial charge in [0.25, 0.3) is 5.91 Å². The number of nitrogens with one attached hydrogen (secondary N) is 1. The highest BCUT2D eigenvalue weighted by molar-refractivity contribution is 5.95. The standard InChI is InChI=1S/C21H31N3O4/c1-27-17-11-16(12-18(13-17)28-2)20(26)24-9-5-15(6-10-24)19(25)23-21(14-22)7-3-4-8-21/h11-13,15H,3-10,14,22H2,1-2H3,(H,23,25). The maximum absolute atomic E-state index is 12.9. The van der Waals surface area contributed by atoms with Gasteiger partial charge in [-0.2, -0.15) is 0 Å². The summed E-state index contributed by atoms with van der Waals surface area (Å²) in [5, 5.41) is 3.22. The van der Waals surface area contributed by atoms with E-state index in [1.54, 1.807) is 37.3 Å². The summed E-state index contributed by atoms with van der Waals surface area (Å²) in [5.74, 6) is 1.13. The number of nitrogens with two attached hydrogens (primary N) is 1. The molecule has 7 nitrogen and oxygen atoms in total. The number of hydrogen-bond acceptors (Lipinski definition) is 5. The maximum Gasteiger partial charge on any atom is 0.254 e. The second kappa shape index (κ2) is 8.82. The van der Waals surface area contributed by atoms with E-state index in [0.717, 1.165) is 25.7 Å². The zero-order valence-corrected chi connectivity index (χ0v) is 16.8. The fourth-order valence-corrected chi connectivity index (χ4v) is 4.25. The zero-order valence-electron chi connectivity index (χ0n) is 16.8. The lowest BCUT2D eigenvalue weighted by Crippen LogP contribution is -2.54. The van der Waals surface area contributed by atoms with E-state index in [9.17, 15) is 9.59 Å². The number of rotatable bonds is 6. The summed E-state index contributed by atoms with van der Waals surface area (Å²) >= 11 is 0. The lowest BCUT2D eigenvalue weighted by molar-refractivity contribution is -0.128. The molecule has 1 saturated heterocycles. The van der Waals surface area contributed by atoms with Crippen molar-refractivity contribution in [3.63, 3.8) is 0 Å². The first-order chi connectivity index (χ1) is 13.5. The van der Waals surface area contributed by atoms with Crippen LogP contribution in [0.1, 0.15) is 48.9 Å². The number of benzene rings is 1. The molecule has 0 atom stereocenters. The SMILES string of the molecule is COc1cc(OC)cc(C(=O)N2CCC(C(=O)NC3(CN)CCCC3)CC2)c1. The van der Waals surface area contributed by atoms with E-state index in [4.69, 9.17) is 15.2 Å². The molecular weight excluding hydrogens is 358 g/mol. The van der Waals surface area contributed by atoms with Gasteiger partial charge in [-0.1, -0.05) is 12.8 Å². The van der Waals surface area contributed by atoms with Gasteiger partial charge in [0.05, 0.1) is 19.8 Å². The minimum absolute atomic E-state index is 0.0621. The average Bonchev–Trinajstić information content (AvgIpc) is 3.21. The number of carbonyl (C=O) groups excluding carboxylic acids is 2. The molecule has 1 heterocycles. The average molecular weight is 389 g/mol. The predicted molar refractivity (Wildman–Crippen MR) is 107 cm³/mol. The van der Waals surface area contributed by atoms with Gasteiger partial charge in [-0.25, -0.2) is 0 Å². The van der Waals surface area contributed by atoms with E-state index in [1.807, 2.05) is 0 Å². The Morgan fingerprint density at radius 3 is 2.18 bits per heavy atom. The zero-order chi connectivity index (χ0) is 20.1. The van der Waals surface area contributed by atoms with Crippen LogP contribution in [0, 0.1) is 5.92 Å². The molecule has 2 fully saturated rings. The quantitative estimate of drug-likeness (QED) is 0.776. The fourth-order valence-electron chi connectivity index (χ4n) is 4.25. The van der Waals surface area contributed by atoms with Crippen molar-refractivity contribution in [1.82, 2.24) is 10.2 Å². The highest BCUT2D eigenvalue weighted by atomic mass is 16.5. The van der Waals surface area contributed by atoms with Gasteiger partial charge in [-0.05, 0) is 37.8 Å². The summed E-state index contributed by atoms with van der Waals surface area (Å²) in [5.41, 5.74) is 6.25. The van der Waals surface area contributed by atoms with Crippen molar-refractivity contribution in [3.8, 4) is 11.5 Å². The van der Waals surface area contributed by atoms with Gasteiger partial charge in [0, 0.05) is 37.2 Å². The largest absolute Gasteiger partial charge is 0.497 e. The van der Waals surface area contributed by atoms with Crippen molar-refractivity contribution in [2.24, 2.45) is 11.7 Å². The third-order valence-corrected chi connectivity index (χ3v) is 6.09. The summed E-state index contributed by atoms with van der Waals surface area (Å²) in [6, 6.07) is 5.17. The first kappa shape index (κ1) is 20.5. The Bertz CT molecular complexity index is 685. The Labute approximate surface area is 166 Å². The van der Waals surface area contributed by atoms with Crippen LogP contribution in [-0.2, 0) is 4.79 Å². The number of nitrogens with zero attached hydrogens (tertiary/aromatic N) is 1. The summed E-state index contributed by atoms with van der Waals surface area (Å²) in [6.45, 7) is 1.62. The number of piperidine rings is 1. The topological polar surface area (TPSA) is 93.9 Å². The summed E-state index contributed by atoms with van der Waals surface area (Å²) < 4.78 is 10.5. The molecule has 28 heavy (non-hydrogen) atoms. The number of hydrogen-bond donors (Lipinski definition) is 2. The molecule has 2 amide bonds. The van der Waals surface area contributed by atoms with Crippen LogP contribution in [0.2, 0.25) is 0 Å². The minimum Gasteiger partial charge on any atom is -0.497 e. The third kappa shape index (κ3) is 4.41. The summed E-state index contributed by atoms with van der Waals surface area (Å²) in [4.78, 5) is 27.4. The molecule has 0 unspecified atom stereocenters. The molecule has 0 radical (unpaired) electrons. The highest BCUT2D eigenvalue weighted by Gasteiger charge is 2.36. The molecule has 3 N–H and O–H groups in total. The lowest BCUT2D eigenvalue weighted by Gasteiger charge is -2.35. The van der Waals surface area contributed by atoms with Crippen molar-refractivity contribution in [3.05, 3.63) is 23.8 Å². The molecule has 1 saturated carbocycles. The molecular formula is C21H31N3O4. The van der Waals surface area contributed by atoms with Gasteiger partial charge >= 0.3 is 0 Å². The number of amides is 2. The van der Waals surface area contributed by atoms with E-state index in [0.29, 0.717) is 49.5 Å². The van der Waals surface area contributed by atoms with Crippen LogP contribution in [0.5, 0.6) is 11.5 Å². The Morgan fingerprint density at radius 2 is 1.68 bits per heavy atom. The molecule has 0 aromatic heterocycles. The first-order valence-electron chi connectivity index (χ1n) is 10.0. The molecule has 1 aromatic carbocycles. The van der Waals surface area contributed by atoms with Crippen molar-refractivity contribution in [2.45, 2.75) is 44.1 Å². The van der Waals surface area contributed by atoms with Crippen LogP contribution in [0.15, 0.2) is 18.2 Å². The smallest absolute Gasteiger partial charge is 0.254 e. The van der Waals surface area contributed by atoms with E-state index < -0.39 is 0 Å². The number of methoxy groups -OCH3 is 2. The molecule has 7 heteroatoms. The van der Waals surface area contributed by atoms with Gasteiger partial charge in [0.2, 0.25) is 5.91 Å². The predicted octanol–water partition coefficient (Wildman–Crippen LogP) is 1.94. The Hall–Kier alpha value is -2.28. The summed E-state index contributed by atoms with van der Waals surface area (Å²) in [7, 11) is 3.12. The van der Waals surface area contributed by atoms with Gasteiger partial charge < -0.3 is 25.4 Å². The fraction of sp³-hybridized carbons (Fsp3) is 0.619. The maximum atomic E-state index is 12.9. The van der Waals surface area contributed by atoms with Gasteiger partial charge in [-0.15, -0.1) is 0 Å². The van der Waals surface area contributed by atoms with Crippen molar-refractivity contribution in [1.29, 1.82) is 0 Å². The van der Waals surface area contributed by atoms with E-state index in [-0.39, 0.29) is 23.3 Å². The summed E-state index contributed by atoms with van der Waals surface area (Å²) in [6.07, 6.45) is 5.50. The van der Waals surface area contributed by atoms with Crippen LogP contribution >= 0.6 is 0 Å². The van der Waals surface area contributed by atoms with Crippen LogP contribution in [0.25, 0.3) is 0 Å². The van der Waals surface area contributed by atoms with Gasteiger partial charge in [0.1, 0.15) is 11.5 Å². The van der Waals surface area contributed by atoms with Crippen LogP contribution in [-0.4, -0.2) is 56.1 Å². The van der Waals surface area contributed by atoms with Gasteiger partial charge in [0.15, 0.2) is 0 Å². The second-order valence-corrected chi connectivity index (χ2v) is 7.85. The monoisotopic (exact) mass is 389 g/mol.